The standard InChI is InChI=1S/C20H25FN6O3/c21-16-3-1-15(2-4-16)13-22-20(29)26-7-8-27-18(14-26)17(23-24-27)5-6-19(28)25-9-11-30-12-10-25/h1-4H,5-14H2,(H,22,29). The molecule has 3 amide bonds. The molecule has 9 nitrogen and oxygen atoms in total. The Morgan fingerprint density at radius 3 is 2.60 bits per heavy atom. The SMILES string of the molecule is O=C(CCc1nnn2c1CN(C(=O)NCc1ccc(F)cc1)CC2)N1CCOCC1. The molecule has 1 N–H and O–H groups in total. The van der Waals surface area contributed by atoms with E-state index in [4.69, 9.17) is 4.74 Å². The molecule has 2 aliphatic heterocycles. The first-order valence-electron chi connectivity index (χ1n) is 10.1. The quantitative estimate of drug-likeness (QED) is 0.783. The van der Waals surface area contributed by atoms with Gasteiger partial charge < -0.3 is 19.9 Å². The Morgan fingerprint density at radius 2 is 1.83 bits per heavy atom. The number of hydrogen-bond donors (Lipinski definition) is 1. The largest absolute Gasteiger partial charge is 0.378 e. The number of halogens is 1. The van der Waals surface area contributed by atoms with Crippen LogP contribution in [0.5, 0.6) is 0 Å². The molecule has 0 saturated carbocycles. The van der Waals surface area contributed by atoms with Crippen molar-refractivity contribution in [3.8, 4) is 0 Å². The molecule has 1 fully saturated rings. The van der Waals surface area contributed by atoms with E-state index in [2.05, 4.69) is 15.6 Å². The van der Waals surface area contributed by atoms with E-state index in [-0.39, 0.29) is 17.8 Å². The predicted molar refractivity (Wildman–Crippen MR) is 105 cm³/mol. The number of aromatic nitrogens is 3. The van der Waals surface area contributed by atoms with E-state index >= 15 is 0 Å². The van der Waals surface area contributed by atoms with Crippen molar-refractivity contribution >= 4 is 11.9 Å². The Bertz CT molecular complexity index is 894. The molecule has 0 unspecified atom stereocenters. The number of carbonyl (C=O) groups is 2. The molecule has 160 valence electrons. The Hall–Kier alpha value is -3.01. The van der Waals surface area contributed by atoms with E-state index in [0.717, 1.165) is 17.0 Å². The maximum atomic E-state index is 13.0. The van der Waals surface area contributed by atoms with Crippen LogP contribution < -0.4 is 5.32 Å². The van der Waals surface area contributed by atoms with E-state index in [9.17, 15) is 14.0 Å². The maximum absolute atomic E-state index is 13.0. The van der Waals surface area contributed by atoms with Gasteiger partial charge in [0.2, 0.25) is 5.91 Å². The zero-order valence-corrected chi connectivity index (χ0v) is 16.7. The van der Waals surface area contributed by atoms with Crippen molar-refractivity contribution in [3.63, 3.8) is 0 Å². The zero-order chi connectivity index (χ0) is 20.9. The van der Waals surface area contributed by atoms with Gasteiger partial charge in [0.25, 0.3) is 0 Å². The summed E-state index contributed by atoms with van der Waals surface area (Å²) in [6.07, 6.45) is 0.860. The molecular formula is C20H25FN6O3. The van der Waals surface area contributed by atoms with Gasteiger partial charge in [-0.25, -0.2) is 13.9 Å². The van der Waals surface area contributed by atoms with Crippen molar-refractivity contribution in [2.24, 2.45) is 0 Å². The molecule has 1 aromatic heterocycles. The van der Waals surface area contributed by atoms with Gasteiger partial charge in [-0.1, -0.05) is 17.3 Å². The summed E-state index contributed by atoms with van der Waals surface area (Å²) < 4.78 is 20.1. The molecule has 0 aliphatic carbocycles. The first-order valence-corrected chi connectivity index (χ1v) is 10.1. The lowest BCUT2D eigenvalue weighted by Crippen LogP contribution is -2.44. The van der Waals surface area contributed by atoms with Gasteiger partial charge in [0.1, 0.15) is 5.82 Å². The summed E-state index contributed by atoms with van der Waals surface area (Å²) in [5.74, 6) is -0.216. The van der Waals surface area contributed by atoms with Crippen LogP contribution in [-0.2, 0) is 35.6 Å². The number of amides is 3. The van der Waals surface area contributed by atoms with E-state index in [0.29, 0.717) is 65.3 Å². The van der Waals surface area contributed by atoms with Crippen LogP contribution in [0.1, 0.15) is 23.4 Å². The smallest absolute Gasteiger partial charge is 0.318 e. The first-order chi connectivity index (χ1) is 14.6. The number of nitrogens with one attached hydrogen (secondary N) is 1. The number of ether oxygens (including phenoxy) is 1. The highest BCUT2D eigenvalue weighted by atomic mass is 19.1. The number of fused-ring (bicyclic) bond motifs is 1. The summed E-state index contributed by atoms with van der Waals surface area (Å²) in [6.45, 7) is 4.21. The average molecular weight is 416 g/mol. The predicted octanol–water partition coefficient (Wildman–Crippen LogP) is 0.934. The number of morpholine rings is 1. The minimum atomic E-state index is -0.304. The second-order valence-electron chi connectivity index (χ2n) is 7.41. The normalized spacial score (nSPS) is 16.3. The van der Waals surface area contributed by atoms with E-state index in [1.54, 1.807) is 21.7 Å². The number of urea groups is 1. The molecule has 1 saturated heterocycles. The molecule has 0 radical (unpaired) electrons. The van der Waals surface area contributed by atoms with Crippen LogP contribution in [0, 0.1) is 5.82 Å². The molecule has 0 bridgehead atoms. The fourth-order valence-corrected chi connectivity index (χ4v) is 3.65. The minimum Gasteiger partial charge on any atom is -0.378 e. The Kier molecular flexibility index (Phi) is 6.22. The number of benzene rings is 1. The molecule has 3 heterocycles. The Morgan fingerprint density at radius 1 is 1.07 bits per heavy atom. The summed E-state index contributed by atoms with van der Waals surface area (Å²) in [5, 5.41) is 11.3. The molecule has 2 aliphatic rings. The summed E-state index contributed by atoms with van der Waals surface area (Å²) in [7, 11) is 0. The molecule has 1 aromatic carbocycles. The summed E-state index contributed by atoms with van der Waals surface area (Å²) >= 11 is 0. The molecule has 10 heteroatoms. The van der Waals surface area contributed by atoms with Gasteiger partial charge >= 0.3 is 6.03 Å². The third kappa shape index (κ3) is 4.76. The monoisotopic (exact) mass is 416 g/mol. The number of carbonyl (C=O) groups excluding carboxylic acids is 2. The lowest BCUT2D eigenvalue weighted by Gasteiger charge is -2.28. The molecule has 0 atom stereocenters. The van der Waals surface area contributed by atoms with Crippen LogP contribution in [0.2, 0.25) is 0 Å². The number of hydrogen-bond acceptors (Lipinski definition) is 5. The van der Waals surface area contributed by atoms with Crippen molar-refractivity contribution in [2.45, 2.75) is 32.5 Å². The molecule has 4 rings (SSSR count). The molecule has 0 spiro atoms. The fourth-order valence-electron chi connectivity index (χ4n) is 3.65. The molecule has 2 aromatic rings. The van der Waals surface area contributed by atoms with Gasteiger partial charge in [0.15, 0.2) is 0 Å². The maximum Gasteiger partial charge on any atom is 0.318 e. The second-order valence-corrected chi connectivity index (χ2v) is 7.41. The van der Waals surface area contributed by atoms with Crippen molar-refractivity contribution in [3.05, 3.63) is 47.0 Å². The highest BCUT2D eigenvalue weighted by Crippen LogP contribution is 2.17. The summed E-state index contributed by atoms with van der Waals surface area (Å²) in [6, 6.07) is 5.85. The third-order valence-corrected chi connectivity index (χ3v) is 5.42. The topological polar surface area (TPSA) is 92.6 Å². The zero-order valence-electron chi connectivity index (χ0n) is 16.7. The van der Waals surface area contributed by atoms with Gasteiger partial charge in [-0.15, -0.1) is 5.10 Å². The van der Waals surface area contributed by atoms with E-state index in [1.165, 1.54) is 12.1 Å². The van der Waals surface area contributed by atoms with Gasteiger partial charge in [-0.05, 0) is 17.7 Å². The van der Waals surface area contributed by atoms with E-state index in [1.807, 2.05) is 4.90 Å². The third-order valence-electron chi connectivity index (χ3n) is 5.42. The molecular weight excluding hydrogens is 391 g/mol. The van der Waals surface area contributed by atoms with Crippen LogP contribution in [0.25, 0.3) is 0 Å². The van der Waals surface area contributed by atoms with Gasteiger partial charge in [-0.3, -0.25) is 4.79 Å². The number of rotatable bonds is 5. The van der Waals surface area contributed by atoms with Crippen LogP contribution in [0.4, 0.5) is 9.18 Å². The second kappa shape index (κ2) is 9.21. The van der Waals surface area contributed by atoms with Crippen molar-refractivity contribution in [2.75, 3.05) is 32.8 Å². The Balaban J connectivity index is 1.31. The van der Waals surface area contributed by atoms with Crippen LogP contribution >= 0.6 is 0 Å². The molecule has 30 heavy (non-hydrogen) atoms. The number of nitrogens with zero attached hydrogens (tertiary/aromatic N) is 5. The van der Waals surface area contributed by atoms with Crippen LogP contribution in [-0.4, -0.2) is 69.6 Å². The van der Waals surface area contributed by atoms with Crippen LogP contribution in [0.15, 0.2) is 24.3 Å². The van der Waals surface area contributed by atoms with Gasteiger partial charge in [0, 0.05) is 39.0 Å². The van der Waals surface area contributed by atoms with E-state index < -0.39 is 0 Å². The Labute approximate surface area is 173 Å². The highest BCUT2D eigenvalue weighted by Gasteiger charge is 2.25. The number of aryl methyl sites for hydroxylation is 1. The summed E-state index contributed by atoms with van der Waals surface area (Å²) in [4.78, 5) is 28.5. The lowest BCUT2D eigenvalue weighted by molar-refractivity contribution is -0.135. The minimum absolute atomic E-state index is 0.0877. The lowest BCUT2D eigenvalue weighted by atomic mass is 10.1. The van der Waals surface area contributed by atoms with Crippen molar-refractivity contribution in [1.82, 2.24) is 30.1 Å². The van der Waals surface area contributed by atoms with Gasteiger partial charge in [0.05, 0.1) is 37.7 Å². The fraction of sp³-hybridized carbons (Fsp3) is 0.500. The first kappa shape index (κ1) is 20.3. The van der Waals surface area contributed by atoms with Crippen molar-refractivity contribution < 1.29 is 18.7 Å². The summed E-state index contributed by atoms with van der Waals surface area (Å²) in [5.41, 5.74) is 2.45. The van der Waals surface area contributed by atoms with Crippen molar-refractivity contribution in [1.29, 1.82) is 0 Å². The van der Waals surface area contributed by atoms with Crippen LogP contribution in [0.3, 0.4) is 0 Å². The van der Waals surface area contributed by atoms with Gasteiger partial charge in [-0.2, -0.15) is 0 Å². The average Bonchev–Trinajstić information content (AvgIpc) is 3.19. The highest BCUT2D eigenvalue weighted by molar-refractivity contribution is 5.76.